The van der Waals surface area contributed by atoms with Crippen molar-refractivity contribution in [1.29, 1.82) is 0 Å². The van der Waals surface area contributed by atoms with Crippen molar-refractivity contribution in [3.05, 3.63) is 23.8 Å². The first-order chi connectivity index (χ1) is 10.1. The van der Waals surface area contributed by atoms with Crippen LogP contribution in [0.25, 0.3) is 0 Å². The van der Waals surface area contributed by atoms with E-state index in [-0.39, 0.29) is 23.0 Å². The number of rotatable bonds is 6. The maximum Gasteiger partial charge on any atom is 0.573 e. The summed E-state index contributed by atoms with van der Waals surface area (Å²) in [6, 6.07) is 2.70. The van der Waals surface area contributed by atoms with E-state index in [9.17, 15) is 33.3 Å². The van der Waals surface area contributed by atoms with Gasteiger partial charge in [0.2, 0.25) is 0 Å². The van der Waals surface area contributed by atoms with E-state index in [1.807, 2.05) is 0 Å². The number of aromatic hydroxyl groups is 1. The van der Waals surface area contributed by atoms with E-state index >= 15 is 0 Å². The minimum atomic E-state index is -4.97. The summed E-state index contributed by atoms with van der Waals surface area (Å²) in [6.45, 7) is 1.33. The third-order valence-corrected chi connectivity index (χ3v) is 3.47. The van der Waals surface area contributed by atoms with Crippen LogP contribution >= 0.6 is 11.8 Å². The molecule has 0 fully saturated rings. The van der Waals surface area contributed by atoms with Crippen LogP contribution in [0, 0.1) is 0 Å². The SMILES string of the molecule is CC(=O)SCCC(O)C(O)c1cc(O)ccc1OC(F)(F)F. The summed E-state index contributed by atoms with van der Waals surface area (Å²) < 4.78 is 40.7. The molecule has 22 heavy (non-hydrogen) atoms. The van der Waals surface area contributed by atoms with Gasteiger partial charge in [-0.25, -0.2) is 0 Å². The zero-order chi connectivity index (χ0) is 16.9. The molecule has 5 nitrogen and oxygen atoms in total. The molecule has 0 amide bonds. The van der Waals surface area contributed by atoms with E-state index in [0.717, 1.165) is 30.0 Å². The van der Waals surface area contributed by atoms with E-state index in [1.54, 1.807) is 0 Å². The number of aliphatic hydroxyl groups is 2. The molecule has 0 aromatic heterocycles. The van der Waals surface area contributed by atoms with Gasteiger partial charge in [-0.2, -0.15) is 0 Å². The Bertz CT molecular complexity index is 521. The van der Waals surface area contributed by atoms with Gasteiger partial charge in [0.15, 0.2) is 5.12 Å². The molecule has 0 bridgehead atoms. The van der Waals surface area contributed by atoms with Gasteiger partial charge >= 0.3 is 6.36 Å². The molecule has 1 rings (SSSR count). The molecule has 3 N–H and O–H groups in total. The predicted octanol–water partition coefficient (Wildman–Crippen LogP) is 2.35. The third-order valence-electron chi connectivity index (χ3n) is 2.62. The second-order valence-corrected chi connectivity index (χ2v) is 5.68. The normalized spacial score (nSPS) is 14.5. The van der Waals surface area contributed by atoms with Gasteiger partial charge < -0.3 is 20.1 Å². The van der Waals surface area contributed by atoms with Crippen LogP contribution in [0.5, 0.6) is 11.5 Å². The maximum atomic E-state index is 12.3. The number of phenols is 1. The van der Waals surface area contributed by atoms with Crippen LogP contribution in [0.4, 0.5) is 13.2 Å². The Morgan fingerprint density at radius 3 is 2.55 bits per heavy atom. The van der Waals surface area contributed by atoms with Crippen molar-refractivity contribution in [3.8, 4) is 11.5 Å². The fourth-order valence-electron chi connectivity index (χ4n) is 1.67. The topological polar surface area (TPSA) is 87.0 Å². The molecule has 1 aromatic carbocycles. The Morgan fingerprint density at radius 2 is 2.00 bits per heavy atom. The zero-order valence-corrected chi connectivity index (χ0v) is 12.3. The Hall–Kier alpha value is -1.45. The first kappa shape index (κ1) is 18.6. The largest absolute Gasteiger partial charge is 0.573 e. The number of ether oxygens (including phenoxy) is 1. The van der Waals surface area contributed by atoms with Gasteiger partial charge in [0, 0.05) is 18.2 Å². The Labute approximate surface area is 128 Å². The van der Waals surface area contributed by atoms with Gasteiger partial charge in [-0.05, 0) is 24.6 Å². The molecule has 0 aliphatic heterocycles. The third kappa shape index (κ3) is 6.12. The summed E-state index contributed by atoms with van der Waals surface area (Å²) in [5.41, 5.74) is -0.391. The number of hydrogen-bond donors (Lipinski definition) is 3. The van der Waals surface area contributed by atoms with Gasteiger partial charge in [-0.15, -0.1) is 13.2 Å². The van der Waals surface area contributed by atoms with E-state index < -0.39 is 29.9 Å². The molecule has 2 atom stereocenters. The first-order valence-corrected chi connectivity index (χ1v) is 7.17. The molecule has 0 saturated carbocycles. The number of thioether (sulfide) groups is 1. The fraction of sp³-hybridized carbons (Fsp3) is 0.462. The lowest BCUT2D eigenvalue weighted by Gasteiger charge is -2.21. The molecule has 2 unspecified atom stereocenters. The van der Waals surface area contributed by atoms with Gasteiger partial charge in [0.05, 0.1) is 6.10 Å². The average molecular weight is 340 g/mol. The lowest BCUT2D eigenvalue weighted by atomic mass is 10.0. The van der Waals surface area contributed by atoms with Crippen molar-refractivity contribution in [3.63, 3.8) is 0 Å². The van der Waals surface area contributed by atoms with Crippen molar-refractivity contribution in [2.45, 2.75) is 31.9 Å². The van der Waals surface area contributed by atoms with Gasteiger partial charge in [0.1, 0.15) is 17.6 Å². The molecule has 0 heterocycles. The summed E-state index contributed by atoms with van der Waals surface area (Å²) in [6.07, 6.45) is -8.10. The number of alkyl halides is 3. The molecule has 0 spiro atoms. The summed E-state index contributed by atoms with van der Waals surface area (Å²) >= 11 is 0.919. The van der Waals surface area contributed by atoms with Crippen LogP contribution in [0.1, 0.15) is 25.0 Å². The van der Waals surface area contributed by atoms with E-state index in [4.69, 9.17) is 0 Å². The number of hydrogen-bond acceptors (Lipinski definition) is 6. The Kier molecular flexibility index (Phi) is 6.51. The van der Waals surface area contributed by atoms with Crippen molar-refractivity contribution >= 4 is 16.9 Å². The number of phenolic OH excluding ortho intramolecular Hbond substituents is 1. The summed E-state index contributed by atoms with van der Waals surface area (Å²) in [5, 5.41) is 28.9. The molecule has 1 aromatic rings. The molecular formula is C13H15F3O5S. The van der Waals surface area contributed by atoms with Crippen molar-refractivity contribution in [2.75, 3.05) is 5.75 Å². The molecule has 0 aliphatic carbocycles. The second kappa shape index (κ2) is 7.70. The molecular weight excluding hydrogens is 325 g/mol. The first-order valence-electron chi connectivity index (χ1n) is 6.18. The highest BCUT2D eigenvalue weighted by Crippen LogP contribution is 2.35. The number of carbonyl (C=O) groups is 1. The van der Waals surface area contributed by atoms with Gasteiger partial charge in [-0.3, -0.25) is 4.79 Å². The number of aliphatic hydroxyl groups excluding tert-OH is 2. The van der Waals surface area contributed by atoms with E-state index in [2.05, 4.69) is 4.74 Å². The maximum absolute atomic E-state index is 12.3. The highest BCUT2D eigenvalue weighted by atomic mass is 32.2. The second-order valence-electron chi connectivity index (χ2n) is 4.41. The fourth-order valence-corrected chi connectivity index (χ4v) is 2.32. The van der Waals surface area contributed by atoms with Gasteiger partial charge in [0.25, 0.3) is 0 Å². The number of carbonyl (C=O) groups excluding carboxylic acids is 1. The van der Waals surface area contributed by atoms with Crippen LogP contribution in [-0.4, -0.2) is 38.7 Å². The lowest BCUT2D eigenvalue weighted by Crippen LogP contribution is -2.23. The summed E-state index contributed by atoms with van der Waals surface area (Å²) in [5.74, 6) is -0.896. The standard InChI is InChI=1S/C13H15F3O5S/c1-7(17)22-5-4-10(19)12(20)9-6-8(18)2-3-11(9)21-13(14,15)16/h2-3,6,10,12,18-20H,4-5H2,1H3. The highest BCUT2D eigenvalue weighted by Gasteiger charge is 2.34. The highest BCUT2D eigenvalue weighted by molar-refractivity contribution is 8.13. The van der Waals surface area contributed by atoms with Crippen LogP contribution in [0.15, 0.2) is 18.2 Å². The molecule has 124 valence electrons. The Balaban J connectivity index is 2.88. The van der Waals surface area contributed by atoms with Crippen LogP contribution in [0.3, 0.4) is 0 Å². The summed E-state index contributed by atoms with van der Waals surface area (Å²) in [7, 11) is 0. The van der Waals surface area contributed by atoms with Crippen LogP contribution in [-0.2, 0) is 4.79 Å². The molecule has 0 saturated heterocycles. The van der Waals surface area contributed by atoms with Gasteiger partial charge in [-0.1, -0.05) is 11.8 Å². The summed E-state index contributed by atoms with van der Waals surface area (Å²) in [4.78, 5) is 10.8. The molecule has 9 heteroatoms. The number of halogens is 3. The minimum absolute atomic E-state index is 0.0213. The monoisotopic (exact) mass is 340 g/mol. The van der Waals surface area contributed by atoms with E-state index in [0.29, 0.717) is 0 Å². The van der Waals surface area contributed by atoms with Crippen molar-refractivity contribution in [1.82, 2.24) is 0 Å². The lowest BCUT2D eigenvalue weighted by molar-refractivity contribution is -0.275. The van der Waals surface area contributed by atoms with Crippen LogP contribution < -0.4 is 4.74 Å². The van der Waals surface area contributed by atoms with E-state index in [1.165, 1.54) is 6.92 Å². The van der Waals surface area contributed by atoms with Crippen molar-refractivity contribution in [2.24, 2.45) is 0 Å². The number of benzene rings is 1. The zero-order valence-electron chi connectivity index (χ0n) is 11.5. The molecule has 0 aliphatic rings. The quantitative estimate of drug-likeness (QED) is 0.737. The smallest absolute Gasteiger partial charge is 0.508 e. The van der Waals surface area contributed by atoms with Crippen LogP contribution in [0.2, 0.25) is 0 Å². The minimum Gasteiger partial charge on any atom is -0.508 e. The van der Waals surface area contributed by atoms with Crippen molar-refractivity contribution < 1.29 is 38.0 Å². The Morgan fingerprint density at radius 1 is 1.36 bits per heavy atom. The molecule has 0 radical (unpaired) electrons. The predicted molar refractivity (Wildman–Crippen MR) is 73.5 cm³/mol. The average Bonchev–Trinajstić information content (AvgIpc) is 2.38.